The van der Waals surface area contributed by atoms with Crippen LogP contribution in [0.1, 0.15) is 32.6 Å². The molecule has 1 amide bonds. The highest BCUT2D eigenvalue weighted by atomic mass is 19.1. The van der Waals surface area contributed by atoms with E-state index in [1.807, 2.05) is 13.0 Å². The third-order valence-electron chi connectivity index (χ3n) is 6.16. The highest BCUT2D eigenvalue weighted by Crippen LogP contribution is 2.32. The van der Waals surface area contributed by atoms with Gasteiger partial charge in [-0.15, -0.1) is 0 Å². The van der Waals surface area contributed by atoms with Crippen molar-refractivity contribution in [3.63, 3.8) is 0 Å². The maximum absolute atomic E-state index is 14.6. The van der Waals surface area contributed by atoms with Crippen LogP contribution in [0.4, 0.5) is 4.39 Å². The maximum atomic E-state index is 14.6. The van der Waals surface area contributed by atoms with Gasteiger partial charge in [-0.1, -0.05) is 19.6 Å². The van der Waals surface area contributed by atoms with Crippen molar-refractivity contribution in [3.8, 4) is 0 Å². The SMILES string of the molecule is C=C1/C=N\N/C=C\C[C@H](N)N2CCC[C@@H]2C2=CC(F)CN(C[C@H](C)CCNC1=O)C2O. The van der Waals surface area contributed by atoms with Gasteiger partial charge in [0.1, 0.15) is 12.4 Å². The lowest BCUT2D eigenvalue weighted by atomic mass is 9.95. The summed E-state index contributed by atoms with van der Waals surface area (Å²) in [7, 11) is 0. The smallest absolute Gasteiger partial charge is 0.252 e. The first-order valence-corrected chi connectivity index (χ1v) is 11.1. The van der Waals surface area contributed by atoms with E-state index in [0.717, 1.165) is 19.4 Å². The first-order valence-electron chi connectivity index (χ1n) is 11.1. The highest BCUT2D eigenvalue weighted by molar-refractivity contribution is 6.11. The Morgan fingerprint density at radius 3 is 2.97 bits per heavy atom. The monoisotopic (exact) mass is 434 g/mol. The zero-order chi connectivity index (χ0) is 22.4. The number of aliphatic hydroxyl groups is 1. The van der Waals surface area contributed by atoms with Crippen LogP contribution in [0.15, 0.2) is 41.2 Å². The summed E-state index contributed by atoms with van der Waals surface area (Å²) < 4.78 is 14.6. The molecule has 3 aliphatic heterocycles. The molecule has 172 valence electrons. The van der Waals surface area contributed by atoms with E-state index >= 15 is 0 Å². The summed E-state index contributed by atoms with van der Waals surface area (Å²) in [4.78, 5) is 16.1. The number of hydrogen-bond acceptors (Lipinski definition) is 7. The lowest BCUT2D eigenvalue weighted by Gasteiger charge is -2.41. The van der Waals surface area contributed by atoms with E-state index in [4.69, 9.17) is 5.73 Å². The van der Waals surface area contributed by atoms with Crippen molar-refractivity contribution in [1.82, 2.24) is 20.5 Å². The number of halogens is 1. The molecule has 31 heavy (non-hydrogen) atoms. The fourth-order valence-corrected chi connectivity index (χ4v) is 4.53. The Bertz CT molecular complexity index is 740. The molecule has 3 unspecified atom stereocenters. The van der Waals surface area contributed by atoms with E-state index in [-0.39, 0.29) is 36.2 Å². The molecule has 0 spiro atoms. The summed E-state index contributed by atoms with van der Waals surface area (Å²) in [5, 5.41) is 17.9. The fraction of sp³-hybridized carbons (Fsp3) is 0.636. The van der Waals surface area contributed by atoms with Crippen LogP contribution in [0, 0.1) is 5.92 Å². The molecule has 1 fully saturated rings. The van der Waals surface area contributed by atoms with Crippen LogP contribution >= 0.6 is 0 Å². The van der Waals surface area contributed by atoms with E-state index in [1.165, 1.54) is 6.21 Å². The summed E-state index contributed by atoms with van der Waals surface area (Å²) in [6.45, 7) is 7.76. The standard InChI is InChI=1S/C22H35FN6O2/c1-15-7-9-25-21(30)16(2)12-27-26-8-3-6-20(24)29-10-4-5-19(29)18-11-17(23)14-28(13-15)22(18)31/h3,8,11-12,15,17,19-20,22,26,31H,2,4-7,9-10,13-14,24H2,1H3,(H,25,30)/b8-3-,27-12-/t15-,17?,19-,20-,22?/m1/s1. The zero-order valence-corrected chi connectivity index (χ0v) is 18.2. The number of alkyl halides is 1. The number of carbonyl (C=O) groups is 1. The average molecular weight is 435 g/mol. The van der Waals surface area contributed by atoms with Gasteiger partial charge >= 0.3 is 0 Å². The van der Waals surface area contributed by atoms with Crippen molar-refractivity contribution in [2.75, 3.05) is 26.2 Å². The minimum atomic E-state index is -1.12. The predicted molar refractivity (Wildman–Crippen MR) is 120 cm³/mol. The highest BCUT2D eigenvalue weighted by Gasteiger charge is 2.38. The van der Waals surface area contributed by atoms with Gasteiger partial charge in [0, 0.05) is 38.4 Å². The molecule has 3 heterocycles. The van der Waals surface area contributed by atoms with E-state index in [1.54, 1.807) is 17.2 Å². The van der Waals surface area contributed by atoms with Gasteiger partial charge in [-0.05, 0) is 43.3 Å². The van der Waals surface area contributed by atoms with Crippen molar-refractivity contribution < 1.29 is 14.3 Å². The van der Waals surface area contributed by atoms with Crippen LogP contribution < -0.4 is 16.5 Å². The van der Waals surface area contributed by atoms with Gasteiger partial charge in [0.2, 0.25) is 0 Å². The minimum Gasteiger partial charge on any atom is -0.374 e. The Kier molecular flexibility index (Phi) is 8.36. The van der Waals surface area contributed by atoms with Crippen LogP contribution in [0.2, 0.25) is 0 Å². The Balaban J connectivity index is 1.79. The van der Waals surface area contributed by atoms with Gasteiger partial charge in [-0.25, -0.2) is 4.39 Å². The van der Waals surface area contributed by atoms with Gasteiger partial charge < -0.3 is 16.2 Å². The molecule has 0 aromatic rings. The first-order chi connectivity index (χ1) is 14.9. The topological polar surface area (TPSA) is 106 Å². The van der Waals surface area contributed by atoms with Crippen molar-refractivity contribution in [3.05, 3.63) is 36.1 Å². The van der Waals surface area contributed by atoms with Gasteiger partial charge in [0.25, 0.3) is 5.91 Å². The number of carbonyl (C=O) groups excluding carboxylic acids is 1. The molecule has 1 saturated heterocycles. The summed E-state index contributed by atoms with van der Waals surface area (Å²) in [6.07, 6.45) is 7.39. The molecule has 2 bridgehead atoms. The van der Waals surface area contributed by atoms with Gasteiger partial charge in [0.05, 0.1) is 18.0 Å². The van der Waals surface area contributed by atoms with Crippen molar-refractivity contribution >= 4 is 12.1 Å². The molecule has 5 N–H and O–H groups in total. The van der Waals surface area contributed by atoms with Gasteiger partial charge in [0.15, 0.2) is 0 Å². The second-order valence-corrected chi connectivity index (χ2v) is 8.67. The fourth-order valence-electron chi connectivity index (χ4n) is 4.53. The number of hydrogen-bond donors (Lipinski definition) is 4. The molecule has 6 atom stereocenters. The zero-order valence-electron chi connectivity index (χ0n) is 18.2. The number of nitrogens with one attached hydrogen (secondary N) is 2. The molecule has 9 heteroatoms. The molecule has 3 aliphatic rings. The number of nitrogens with two attached hydrogens (primary N) is 1. The molecule has 0 aromatic heterocycles. The van der Waals surface area contributed by atoms with Crippen molar-refractivity contribution in [1.29, 1.82) is 0 Å². The molecule has 8 nitrogen and oxygen atoms in total. The van der Waals surface area contributed by atoms with E-state index in [2.05, 4.69) is 27.3 Å². The first kappa shape index (κ1) is 23.6. The number of aliphatic hydroxyl groups excluding tert-OH is 1. The summed E-state index contributed by atoms with van der Waals surface area (Å²) in [5.41, 5.74) is 10.2. The molecule has 0 radical (unpaired) electrons. The van der Waals surface area contributed by atoms with E-state index in [9.17, 15) is 14.3 Å². The maximum Gasteiger partial charge on any atom is 0.252 e. The number of amides is 1. The van der Waals surface area contributed by atoms with Crippen molar-refractivity contribution in [2.45, 2.75) is 57.2 Å². The van der Waals surface area contributed by atoms with Crippen LogP contribution in [0.25, 0.3) is 0 Å². The molecule has 0 aromatic carbocycles. The van der Waals surface area contributed by atoms with E-state index < -0.39 is 12.4 Å². The van der Waals surface area contributed by atoms with Gasteiger partial charge in [-0.2, -0.15) is 5.10 Å². The Morgan fingerprint density at radius 2 is 2.16 bits per heavy atom. The third-order valence-corrected chi connectivity index (χ3v) is 6.16. The van der Waals surface area contributed by atoms with Crippen LogP contribution in [0.3, 0.4) is 0 Å². The molecule has 0 aliphatic carbocycles. The number of hydrazone groups is 1. The van der Waals surface area contributed by atoms with E-state index in [0.29, 0.717) is 31.5 Å². The quantitative estimate of drug-likeness (QED) is 0.332. The van der Waals surface area contributed by atoms with Gasteiger partial charge in [-0.3, -0.25) is 20.0 Å². The van der Waals surface area contributed by atoms with Crippen LogP contribution in [-0.4, -0.2) is 77.8 Å². The molecular formula is C22H35FN6O2. The average Bonchev–Trinajstić information content (AvgIpc) is 3.21. The molecular weight excluding hydrogens is 399 g/mol. The summed E-state index contributed by atoms with van der Waals surface area (Å²) >= 11 is 0. The molecule has 3 rings (SSSR count). The second kappa shape index (κ2) is 11.0. The Labute approximate surface area is 183 Å². The summed E-state index contributed by atoms with van der Waals surface area (Å²) in [5.74, 6) is -0.118. The Hall–Kier alpha value is -2.07. The van der Waals surface area contributed by atoms with Crippen LogP contribution in [-0.2, 0) is 4.79 Å². The van der Waals surface area contributed by atoms with Crippen LogP contribution in [0.5, 0.6) is 0 Å². The predicted octanol–water partition coefficient (Wildman–Crippen LogP) is 0.826. The lowest BCUT2D eigenvalue weighted by molar-refractivity contribution is -0.117. The van der Waals surface area contributed by atoms with Crippen molar-refractivity contribution in [2.24, 2.45) is 16.8 Å². The largest absolute Gasteiger partial charge is 0.374 e. The third kappa shape index (κ3) is 6.22. The number of rotatable bonds is 0. The number of fused-ring (bicyclic) bond motifs is 4. The second-order valence-electron chi connectivity index (χ2n) is 8.67. The lowest BCUT2D eigenvalue weighted by Crippen LogP contribution is -2.53. The molecule has 0 saturated carbocycles. The Morgan fingerprint density at radius 1 is 1.35 bits per heavy atom. The number of nitrogens with zero attached hydrogens (tertiary/aromatic N) is 3. The minimum absolute atomic E-state index is 0.0644. The summed E-state index contributed by atoms with van der Waals surface area (Å²) in [6, 6.07) is -0.0644. The normalized spacial score (nSPS) is 38.5.